The SMILES string of the molecule is CCC(CC)(CC(=O)N(C)c1ccc(OC)cc1)C(=O)O. The summed E-state index contributed by atoms with van der Waals surface area (Å²) in [5.74, 6) is -0.406. The van der Waals surface area contributed by atoms with Crippen LogP contribution in [0.1, 0.15) is 33.1 Å². The van der Waals surface area contributed by atoms with Crippen LogP contribution in [-0.4, -0.2) is 31.1 Å². The molecule has 0 aliphatic heterocycles. The summed E-state index contributed by atoms with van der Waals surface area (Å²) in [6.07, 6.45) is 0.861. The standard InChI is InChI=1S/C16H23NO4/c1-5-16(6-2,15(19)20)11-14(18)17(3)12-7-9-13(21-4)10-8-12/h7-10H,5-6,11H2,1-4H3,(H,19,20). The fourth-order valence-electron chi connectivity index (χ4n) is 2.24. The van der Waals surface area contributed by atoms with E-state index in [1.807, 2.05) is 0 Å². The van der Waals surface area contributed by atoms with Crippen LogP contribution in [0.5, 0.6) is 5.75 Å². The molecule has 0 saturated carbocycles. The monoisotopic (exact) mass is 293 g/mol. The maximum Gasteiger partial charge on any atom is 0.310 e. The van der Waals surface area contributed by atoms with Crippen molar-refractivity contribution in [3.8, 4) is 5.75 Å². The zero-order valence-electron chi connectivity index (χ0n) is 13.0. The molecule has 0 aliphatic rings. The average molecular weight is 293 g/mol. The summed E-state index contributed by atoms with van der Waals surface area (Å²) in [5, 5.41) is 9.41. The summed E-state index contributed by atoms with van der Waals surface area (Å²) in [6, 6.07) is 7.08. The van der Waals surface area contributed by atoms with Gasteiger partial charge in [0.25, 0.3) is 0 Å². The van der Waals surface area contributed by atoms with Gasteiger partial charge in [0, 0.05) is 19.2 Å². The number of amides is 1. The highest BCUT2D eigenvalue weighted by Gasteiger charge is 2.38. The quantitative estimate of drug-likeness (QED) is 0.839. The molecule has 0 atom stereocenters. The van der Waals surface area contributed by atoms with E-state index in [1.54, 1.807) is 52.3 Å². The summed E-state index contributed by atoms with van der Waals surface area (Å²) in [7, 11) is 3.23. The van der Waals surface area contributed by atoms with Crippen molar-refractivity contribution in [3.63, 3.8) is 0 Å². The summed E-state index contributed by atoms with van der Waals surface area (Å²) >= 11 is 0. The molecule has 1 amide bonds. The molecule has 1 N–H and O–H groups in total. The maximum atomic E-state index is 12.4. The van der Waals surface area contributed by atoms with Crippen molar-refractivity contribution in [1.82, 2.24) is 0 Å². The van der Waals surface area contributed by atoms with Gasteiger partial charge in [0.1, 0.15) is 5.75 Å². The molecule has 0 fully saturated rings. The predicted octanol–water partition coefficient (Wildman–Crippen LogP) is 2.94. The van der Waals surface area contributed by atoms with Crippen LogP contribution in [0.3, 0.4) is 0 Å². The molecule has 116 valence electrons. The third-order valence-electron chi connectivity index (χ3n) is 4.13. The van der Waals surface area contributed by atoms with Crippen molar-refractivity contribution in [2.75, 3.05) is 19.1 Å². The fourth-order valence-corrected chi connectivity index (χ4v) is 2.24. The molecule has 5 nitrogen and oxygen atoms in total. The van der Waals surface area contributed by atoms with Crippen molar-refractivity contribution < 1.29 is 19.4 Å². The van der Waals surface area contributed by atoms with Crippen molar-refractivity contribution in [3.05, 3.63) is 24.3 Å². The highest BCUT2D eigenvalue weighted by Crippen LogP contribution is 2.32. The summed E-state index contributed by atoms with van der Waals surface area (Å²) in [6.45, 7) is 3.61. The second-order valence-corrected chi connectivity index (χ2v) is 5.12. The van der Waals surface area contributed by atoms with E-state index in [2.05, 4.69) is 0 Å². The highest BCUT2D eigenvalue weighted by molar-refractivity contribution is 5.95. The average Bonchev–Trinajstić information content (AvgIpc) is 2.51. The number of aliphatic carboxylic acids is 1. The van der Waals surface area contributed by atoms with Crippen LogP contribution >= 0.6 is 0 Å². The molecule has 5 heteroatoms. The zero-order chi connectivity index (χ0) is 16.0. The number of carboxylic acids is 1. The Balaban J connectivity index is 2.88. The van der Waals surface area contributed by atoms with Crippen LogP contribution < -0.4 is 9.64 Å². The minimum atomic E-state index is -0.988. The number of rotatable bonds is 7. The molecule has 0 unspecified atom stereocenters. The Morgan fingerprint density at radius 3 is 2.10 bits per heavy atom. The van der Waals surface area contributed by atoms with Gasteiger partial charge in [0.2, 0.25) is 5.91 Å². The first kappa shape index (κ1) is 17.0. The first-order chi connectivity index (χ1) is 9.90. The van der Waals surface area contributed by atoms with E-state index in [-0.39, 0.29) is 12.3 Å². The molecule has 1 aromatic rings. The topological polar surface area (TPSA) is 66.8 Å². The third kappa shape index (κ3) is 3.74. The molecule has 0 heterocycles. The molecule has 1 aromatic carbocycles. The molecule has 0 bridgehead atoms. The van der Waals surface area contributed by atoms with E-state index in [9.17, 15) is 14.7 Å². The lowest BCUT2D eigenvalue weighted by molar-refractivity contribution is -0.152. The Kier molecular flexibility index (Phi) is 5.76. The van der Waals surface area contributed by atoms with Crippen LogP contribution in [0.15, 0.2) is 24.3 Å². The lowest BCUT2D eigenvalue weighted by atomic mass is 9.79. The first-order valence-electron chi connectivity index (χ1n) is 7.04. The highest BCUT2D eigenvalue weighted by atomic mass is 16.5. The second kappa shape index (κ2) is 7.11. The minimum Gasteiger partial charge on any atom is -0.497 e. The normalized spacial score (nSPS) is 11.0. The van der Waals surface area contributed by atoms with Gasteiger partial charge in [-0.25, -0.2) is 0 Å². The van der Waals surface area contributed by atoms with E-state index < -0.39 is 11.4 Å². The number of hydrogen-bond acceptors (Lipinski definition) is 3. The molecule has 1 rings (SSSR count). The number of carbonyl (C=O) groups excluding carboxylic acids is 1. The lowest BCUT2D eigenvalue weighted by Crippen LogP contribution is -2.37. The lowest BCUT2D eigenvalue weighted by Gasteiger charge is -2.28. The van der Waals surface area contributed by atoms with Gasteiger partial charge < -0.3 is 14.7 Å². The number of nitrogens with zero attached hydrogens (tertiary/aromatic N) is 1. The smallest absolute Gasteiger partial charge is 0.310 e. The van der Waals surface area contributed by atoms with Gasteiger partial charge in [-0.1, -0.05) is 13.8 Å². The van der Waals surface area contributed by atoms with Crippen LogP contribution in [0, 0.1) is 5.41 Å². The molecular formula is C16H23NO4. The van der Waals surface area contributed by atoms with Crippen LogP contribution in [0.4, 0.5) is 5.69 Å². The van der Waals surface area contributed by atoms with E-state index in [0.29, 0.717) is 24.3 Å². The predicted molar refractivity (Wildman–Crippen MR) is 81.7 cm³/mol. The third-order valence-corrected chi connectivity index (χ3v) is 4.13. The summed E-state index contributed by atoms with van der Waals surface area (Å²) < 4.78 is 5.08. The molecule has 0 saturated heterocycles. The van der Waals surface area contributed by atoms with Gasteiger partial charge in [0.05, 0.1) is 12.5 Å². The Hall–Kier alpha value is -2.04. The van der Waals surface area contributed by atoms with Crippen molar-refractivity contribution >= 4 is 17.6 Å². The van der Waals surface area contributed by atoms with Crippen molar-refractivity contribution in [2.24, 2.45) is 5.41 Å². The van der Waals surface area contributed by atoms with Crippen molar-refractivity contribution in [2.45, 2.75) is 33.1 Å². The van der Waals surface area contributed by atoms with Crippen LogP contribution in [-0.2, 0) is 9.59 Å². The van der Waals surface area contributed by atoms with Gasteiger partial charge in [-0.2, -0.15) is 0 Å². The zero-order valence-corrected chi connectivity index (χ0v) is 13.0. The number of methoxy groups -OCH3 is 1. The number of carbonyl (C=O) groups is 2. The molecule has 0 spiro atoms. The largest absolute Gasteiger partial charge is 0.497 e. The summed E-state index contributed by atoms with van der Waals surface area (Å²) in [5.41, 5.74) is -0.273. The van der Waals surface area contributed by atoms with E-state index in [0.717, 1.165) is 0 Å². The molecule has 0 aromatic heterocycles. The van der Waals surface area contributed by atoms with Gasteiger partial charge in [-0.3, -0.25) is 9.59 Å². The second-order valence-electron chi connectivity index (χ2n) is 5.12. The van der Waals surface area contributed by atoms with Gasteiger partial charge in [0.15, 0.2) is 0 Å². The van der Waals surface area contributed by atoms with E-state index >= 15 is 0 Å². The van der Waals surface area contributed by atoms with Crippen LogP contribution in [0.2, 0.25) is 0 Å². The van der Waals surface area contributed by atoms with Crippen LogP contribution in [0.25, 0.3) is 0 Å². The maximum absolute atomic E-state index is 12.4. The van der Waals surface area contributed by atoms with Gasteiger partial charge in [-0.05, 0) is 37.1 Å². The number of carboxylic acid groups (broad SMARTS) is 1. The first-order valence-corrected chi connectivity index (χ1v) is 7.04. The molecule has 0 aliphatic carbocycles. The van der Waals surface area contributed by atoms with Gasteiger partial charge >= 0.3 is 5.97 Å². The van der Waals surface area contributed by atoms with E-state index in [4.69, 9.17) is 4.74 Å². The van der Waals surface area contributed by atoms with Gasteiger partial charge in [-0.15, -0.1) is 0 Å². The summed E-state index contributed by atoms with van der Waals surface area (Å²) in [4.78, 5) is 25.3. The van der Waals surface area contributed by atoms with E-state index in [1.165, 1.54) is 4.90 Å². The number of anilines is 1. The molecule has 21 heavy (non-hydrogen) atoms. The minimum absolute atomic E-state index is 0.00212. The fraction of sp³-hybridized carbons (Fsp3) is 0.500. The Morgan fingerprint density at radius 2 is 1.71 bits per heavy atom. The Morgan fingerprint density at radius 1 is 1.19 bits per heavy atom. The molecule has 0 radical (unpaired) electrons. The number of hydrogen-bond donors (Lipinski definition) is 1. The number of benzene rings is 1. The Bertz CT molecular complexity index is 492. The Labute approximate surface area is 125 Å². The number of ether oxygens (including phenoxy) is 1. The molecular weight excluding hydrogens is 270 g/mol. The van der Waals surface area contributed by atoms with Crippen molar-refractivity contribution in [1.29, 1.82) is 0 Å².